The van der Waals surface area contributed by atoms with Crippen LogP contribution in [0.1, 0.15) is 33.5 Å². The second-order valence-corrected chi connectivity index (χ2v) is 5.77. The number of aromatic nitrogens is 3. The van der Waals surface area contributed by atoms with E-state index in [0.717, 1.165) is 18.3 Å². The van der Waals surface area contributed by atoms with E-state index in [0.29, 0.717) is 36.5 Å². The van der Waals surface area contributed by atoms with Gasteiger partial charge in [0.25, 0.3) is 0 Å². The Morgan fingerprint density at radius 2 is 2.22 bits per heavy atom. The largest absolute Gasteiger partial charge is 0.461 e. The normalized spacial score (nSPS) is 13.3. The summed E-state index contributed by atoms with van der Waals surface area (Å²) < 4.78 is 5.28. The molecule has 0 aliphatic heterocycles. The Morgan fingerprint density at radius 3 is 2.87 bits per heavy atom. The van der Waals surface area contributed by atoms with Crippen LogP contribution in [0.15, 0.2) is 27.8 Å². The van der Waals surface area contributed by atoms with Crippen molar-refractivity contribution in [2.24, 2.45) is 10.9 Å². The fraction of sp³-hybridized carbons (Fsp3) is 0.562. The lowest BCUT2D eigenvalue weighted by molar-refractivity contribution is 0.481. The molecule has 0 saturated heterocycles. The number of aromatic amines is 1. The number of furan rings is 1. The van der Waals surface area contributed by atoms with Gasteiger partial charge in [0.15, 0.2) is 11.7 Å². The van der Waals surface area contributed by atoms with Crippen LogP contribution < -0.4 is 10.6 Å². The lowest BCUT2D eigenvalue weighted by Gasteiger charge is -2.20. The number of hydrogen-bond acceptors (Lipinski definition) is 4. The Balaban J connectivity index is 1.90. The summed E-state index contributed by atoms with van der Waals surface area (Å²) in [5, 5.41) is 13.8. The summed E-state index contributed by atoms with van der Waals surface area (Å²) in [5.74, 6) is 3.42. The lowest BCUT2D eigenvalue weighted by atomic mass is 10.1. The molecule has 1 unspecified atom stereocenters. The van der Waals surface area contributed by atoms with E-state index in [1.807, 2.05) is 12.1 Å². The zero-order valence-electron chi connectivity index (χ0n) is 14.3. The van der Waals surface area contributed by atoms with Crippen molar-refractivity contribution >= 4 is 5.96 Å². The van der Waals surface area contributed by atoms with Crippen LogP contribution in [0.5, 0.6) is 0 Å². The van der Waals surface area contributed by atoms with E-state index in [-0.39, 0.29) is 0 Å². The molecule has 23 heavy (non-hydrogen) atoms. The Kier molecular flexibility index (Phi) is 6.19. The van der Waals surface area contributed by atoms with Crippen molar-refractivity contribution in [2.45, 2.75) is 40.2 Å². The summed E-state index contributed by atoms with van der Waals surface area (Å²) in [4.78, 5) is 9.00. The van der Waals surface area contributed by atoms with Crippen LogP contribution in [0.2, 0.25) is 0 Å². The SMILES string of the molecule is CCNC(=NCCc1nc(-c2ccco2)n[nH]1)NC(C)C(C)C. The van der Waals surface area contributed by atoms with Crippen molar-refractivity contribution in [1.29, 1.82) is 0 Å². The Labute approximate surface area is 137 Å². The zero-order valence-corrected chi connectivity index (χ0v) is 14.3. The molecule has 126 valence electrons. The van der Waals surface area contributed by atoms with Gasteiger partial charge in [-0.2, -0.15) is 5.10 Å². The van der Waals surface area contributed by atoms with Crippen LogP contribution in [-0.4, -0.2) is 40.3 Å². The quantitative estimate of drug-likeness (QED) is 0.538. The number of nitrogens with zero attached hydrogens (tertiary/aromatic N) is 3. The second-order valence-electron chi connectivity index (χ2n) is 5.77. The van der Waals surface area contributed by atoms with E-state index in [2.05, 4.69) is 58.5 Å². The average molecular weight is 318 g/mol. The summed E-state index contributed by atoms with van der Waals surface area (Å²) in [6.45, 7) is 10.1. The number of guanidine groups is 1. The molecule has 7 nitrogen and oxygen atoms in total. The van der Waals surface area contributed by atoms with Crippen LogP contribution in [0.3, 0.4) is 0 Å². The smallest absolute Gasteiger partial charge is 0.216 e. The molecule has 0 bridgehead atoms. The Hall–Kier alpha value is -2.31. The van der Waals surface area contributed by atoms with Gasteiger partial charge in [-0.25, -0.2) is 4.98 Å². The minimum absolute atomic E-state index is 0.364. The third kappa shape index (κ3) is 5.12. The Bertz CT molecular complexity index is 602. The fourth-order valence-corrected chi connectivity index (χ4v) is 1.90. The molecule has 0 aromatic carbocycles. The molecule has 2 heterocycles. The van der Waals surface area contributed by atoms with Crippen LogP contribution >= 0.6 is 0 Å². The van der Waals surface area contributed by atoms with Crippen LogP contribution in [0.4, 0.5) is 0 Å². The zero-order chi connectivity index (χ0) is 16.7. The first kappa shape index (κ1) is 17.1. The fourth-order valence-electron chi connectivity index (χ4n) is 1.90. The number of H-pyrrole nitrogens is 1. The maximum atomic E-state index is 5.28. The molecule has 0 aliphatic rings. The first-order chi connectivity index (χ1) is 11.1. The maximum Gasteiger partial charge on any atom is 0.216 e. The van der Waals surface area contributed by atoms with Crippen LogP contribution in [0, 0.1) is 5.92 Å². The molecule has 7 heteroatoms. The van der Waals surface area contributed by atoms with E-state index < -0.39 is 0 Å². The molecule has 3 N–H and O–H groups in total. The van der Waals surface area contributed by atoms with Gasteiger partial charge in [0, 0.05) is 25.6 Å². The van der Waals surface area contributed by atoms with E-state index in [4.69, 9.17) is 4.42 Å². The van der Waals surface area contributed by atoms with Crippen molar-refractivity contribution in [2.75, 3.05) is 13.1 Å². The summed E-state index contributed by atoms with van der Waals surface area (Å²) in [6, 6.07) is 4.02. The van der Waals surface area contributed by atoms with E-state index >= 15 is 0 Å². The number of aliphatic imine (C=N–C) groups is 1. The van der Waals surface area contributed by atoms with Gasteiger partial charge in [0.2, 0.25) is 5.82 Å². The van der Waals surface area contributed by atoms with Crippen LogP contribution in [0.25, 0.3) is 11.6 Å². The molecule has 1 atom stereocenters. The standard InChI is InChI=1S/C16H26N6O/c1-5-17-16(19-12(4)11(2)3)18-9-8-14-20-15(22-21-14)13-7-6-10-23-13/h6-7,10-12H,5,8-9H2,1-4H3,(H2,17,18,19)(H,20,21,22). The van der Waals surface area contributed by atoms with Gasteiger partial charge in [-0.15, -0.1) is 0 Å². The summed E-state index contributed by atoms with van der Waals surface area (Å²) in [6.07, 6.45) is 2.31. The van der Waals surface area contributed by atoms with E-state index in [9.17, 15) is 0 Å². The maximum absolute atomic E-state index is 5.28. The predicted molar refractivity (Wildman–Crippen MR) is 91.2 cm³/mol. The highest BCUT2D eigenvalue weighted by Crippen LogP contribution is 2.14. The van der Waals surface area contributed by atoms with Gasteiger partial charge in [-0.1, -0.05) is 13.8 Å². The molecule has 0 spiro atoms. The molecule has 0 saturated carbocycles. The molecule has 0 radical (unpaired) electrons. The van der Waals surface area contributed by atoms with Gasteiger partial charge in [0.1, 0.15) is 5.82 Å². The van der Waals surface area contributed by atoms with Gasteiger partial charge >= 0.3 is 0 Å². The molecule has 2 aromatic rings. The number of rotatable bonds is 7. The first-order valence-electron chi connectivity index (χ1n) is 8.10. The Morgan fingerprint density at radius 1 is 1.39 bits per heavy atom. The number of hydrogen-bond donors (Lipinski definition) is 3. The average Bonchev–Trinajstić information content (AvgIpc) is 3.18. The molecular weight excluding hydrogens is 292 g/mol. The van der Waals surface area contributed by atoms with Crippen molar-refractivity contribution < 1.29 is 4.42 Å². The number of nitrogens with one attached hydrogen (secondary N) is 3. The van der Waals surface area contributed by atoms with Crippen molar-refractivity contribution in [1.82, 2.24) is 25.8 Å². The van der Waals surface area contributed by atoms with Gasteiger partial charge in [-0.3, -0.25) is 10.1 Å². The molecule has 2 aromatic heterocycles. The monoisotopic (exact) mass is 318 g/mol. The third-order valence-electron chi connectivity index (χ3n) is 3.60. The highest BCUT2D eigenvalue weighted by molar-refractivity contribution is 5.80. The lowest BCUT2D eigenvalue weighted by Crippen LogP contribution is -2.44. The third-order valence-corrected chi connectivity index (χ3v) is 3.60. The minimum atomic E-state index is 0.364. The van der Waals surface area contributed by atoms with E-state index in [1.165, 1.54) is 0 Å². The van der Waals surface area contributed by atoms with Gasteiger partial charge in [-0.05, 0) is 31.9 Å². The molecule has 0 fully saturated rings. The van der Waals surface area contributed by atoms with Crippen LogP contribution in [-0.2, 0) is 6.42 Å². The van der Waals surface area contributed by atoms with Crippen molar-refractivity contribution in [3.63, 3.8) is 0 Å². The second kappa shape index (κ2) is 8.36. The van der Waals surface area contributed by atoms with E-state index in [1.54, 1.807) is 6.26 Å². The highest BCUT2D eigenvalue weighted by Gasteiger charge is 2.10. The van der Waals surface area contributed by atoms with Gasteiger partial charge in [0.05, 0.1) is 6.26 Å². The molecule has 0 aliphatic carbocycles. The first-order valence-corrected chi connectivity index (χ1v) is 8.10. The topological polar surface area (TPSA) is 91.1 Å². The molecule has 0 amide bonds. The summed E-state index contributed by atoms with van der Waals surface area (Å²) >= 11 is 0. The summed E-state index contributed by atoms with van der Waals surface area (Å²) in [5.41, 5.74) is 0. The van der Waals surface area contributed by atoms with Crippen molar-refractivity contribution in [3.05, 3.63) is 24.2 Å². The van der Waals surface area contributed by atoms with Gasteiger partial charge < -0.3 is 15.1 Å². The van der Waals surface area contributed by atoms with Crippen molar-refractivity contribution in [3.8, 4) is 11.6 Å². The summed E-state index contributed by atoms with van der Waals surface area (Å²) in [7, 11) is 0. The predicted octanol–water partition coefficient (Wildman–Crippen LogP) is 2.21. The minimum Gasteiger partial charge on any atom is -0.461 e. The highest BCUT2D eigenvalue weighted by atomic mass is 16.3. The molecule has 2 rings (SSSR count). The molecular formula is C16H26N6O.